The van der Waals surface area contributed by atoms with E-state index < -0.39 is 23.1 Å². The number of aromatic nitrogens is 3. The van der Waals surface area contributed by atoms with Gasteiger partial charge in [-0.15, -0.1) is 0 Å². The van der Waals surface area contributed by atoms with E-state index in [1.165, 1.54) is 30.9 Å². The molecule has 37 heavy (non-hydrogen) atoms. The molecule has 2 N–H and O–H groups in total. The zero-order valence-electron chi connectivity index (χ0n) is 20.3. The second-order valence-corrected chi connectivity index (χ2v) is 9.00. The third kappa shape index (κ3) is 3.13. The van der Waals surface area contributed by atoms with Crippen molar-refractivity contribution in [3.8, 4) is 28.4 Å². The highest BCUT2D eigenvalue weighted by Gasteiger charge is 2.36. The van der Waals surface area contributed by atoms with Crippen LogP contribution in [-0.2, 0) is 14.1 Å². The van der Waals surface area contributed by atoms with Gasteiger partial charge in [0.05, 0.1) is 46.8 Å². The van der Waals surface area contributed by atoms with Gasteiger partial charge in [0.15, 0.2) is 0 Å². The summed E-state index contributed by atoms with van der Waals surface area (Å²) in [6.07, 6.45) is 0. The van der Waals surface area contributed by atoms with E-state index in [2.05, 4.69) is 5.32 Å². The number of hydrogen-bond acceptors (Lipinski definition) is 5. The number of phenolic OH excluding ortho intramolecular Hbond substituents is 1. The number of para-hydroxylation sites is 2. The minimum atomic E-state index is -0.605. The fourth-order valence-electron chi connectivity index (χ4n) is 5.30. The Hall–Kier alpha value is -4.79. The lowest BCUT2D eigenvalue weighted by Crippen LogP contribution is -2.37. The minimum Gasteiger partial charge on any atom is -0.508 e. The van der Waals surface area contributed by atoms with Gasteiger partial charge in [0.2, 0.25) is 0 Å². The average molecular weight is 499 g/mol. The maximum Gasteiger partial charge on any atom is 0.331 e. The smallest absolute Gasteiger partial charge is 0.331 e. The Morgan fingerprint density at radius 3 is 2.46 bits per heavy atom. The van der Waals surface area contributed by atoms with Crippen molar-refractivity contribution in [2.75, 3.05) is 12.4 Å². The Bertz CT molecular complexity index is 1850. The number of fused-ring (bicyclic) bond motifs is 5. The van der Waals surface area contributed by atoms with Gasteiger partial charge < -0.3 is 19.7 Å². The van der Waals surface area contributed by atoms with E-state index in [-0.39, 0.29) is 16.7 Å². The van der Waals surface area contributed by atoms with E-state index in [1.54, 1.807) is 37.4 Å². The zero-order valence-corrected chi connectivity index (χ0v) is 20.3. The predicted octanol–water partition coefficient (Wildman–Crippen LogP) is 4.06. The molecule has 1 aliphatic heterocycles. The lowest BCUT2D eigenvalue weighted by atomic mass is 9.98. The SMILES string of the molecule is COc1cc(O)ccc1[C@H]1Nc2ccccc2-n2c(-c3ccccc3F)c3c(=O)n(C)c(=O)n(C)c3c21. The van der Waals surface area contributed by atoms with E-state index in [0.29, 0.717) is 33.9 Å². The van der Waals surface area contributed by atoms with Gasteiger partial charge in [-0.2, -0.15) is 0 Å². The summed E-state index contributed by atoms with van der Waals surface area (Å²) in [5.74, 6) is -0.0418. The molecule has 8 nitrogen and oxygen atoms in total. The van der Waals surface area contributed by atoms with Gasteiger partial charge in [-0.1, -0.05) is 24.3 Å². The van der Waals surface area contributed by atoms with E-state index in [0.717, 1.165) is 10.3 Å². The number of ether oxygens (including phenoxy) is 1. The molecule has 3 aromatic carbocycles. The number of rotatable bonds is 3. The van der Waals surface area contributed by atoms with Crippen molar-refractivity contribution >= 4 is 16.6 Å². The number of phenols is 1. The number of aryl methyl sites for hydroxylation is 1. The lowest BCUT2D eigenvalue weighted by molar-refractivity contribution is 0.401. The molecule has 3 heterocycles. The molecular formula is C28H23FN4O4. The Kier molecular flexibility index (Phi) is 4.98. The summed E-state index contributed by atoms with van der Waals surface area (Å²) in [5, 5.41) is 13.8. The van der Waals surface area contributed by atoms with Crippen LogP contribution in [-0.4, -0.2) is 25.9 Å². The maximum atomic E-state index is 15.4. The Labute approximate surface area is 210 Å². The van der Waals surface area contributed by atoms with Crippen LogP contribution in [0.1, 0.15) is 17.3 Å². The van der Waals surface area contributed by atoms with Gasteiger partial charge in [-0.3, -0.25) is 13.9 Å². The number of methoxy groups -OCH3 is 1. The number of nitrogens with zero attached hydrogens (tertiary/aromatic N) is 3. The van der Waals surface area contributed by atoms with Crippen LogP contribution in [0.15, 0.2) is 76.3 Å². The van der Waals surface area contributed by atoms with Crippen molar-refractivity contribution in [1.82, 2.24) is 13.7 Å². The molecule has 0 saturated heterocycles. The molecule has 0 radical (unpaired) electrons. The first-order valence-electron chi connectivity index (χ1n) is 11.7. The van der Waals surface area contributed by atoms with Crippen LogP contribution in [0.2, 0.25) is 0 Å². The zero-order chi connectivity index (χ0) is 26.0. The van der Waals surface area contributed by atoms with Crippen molar-refractivity contribution in [2.24, 2.45) is 14.1 Å². The molecule has 1 aliphatic rings. The Balaban J connectivity index is 1.88. The van der Waals surface area contributed by atoms with E-state index in [9.17, 15) is 14.7 Å². The molecule has 1 atom stereocenters. The number of nitrogens with one attached hydrogen (secondary N) is 1. The first-order valence-corrected chi connectivity index (χ1v) is 11.7. The van der Waals surface area contributed by atoms with Crippen LogP contribution in [0.25, 0.3) is 27.8 Å². The minimum absolute atomic E-state index is 0.0327. The number of halogens is 1. The second-order valence-electron chi connectivity index (χ2n) is 9.00. The molecule has 0 unspecified atom stereocenters. The standard InChI is InChI=1S/C28H23FN4O4/c1-31-25-22(27(35)32(2)28(31)36)24(16-8-4-5-9-18(16)29)33-20-11-7-6-10-19(20)30-23(26(25)33)17-13-12-15(34)14-21(17)37-3/h4-14,23,30,34H,1-3H3/t23-/m1/s1. The summed E-state index contributed by atoms with van der Waals surface area (Å²) in [6, 6.07) is 18.0. The van der Waals surface area contributed by atoms with Gasteiger partial charge in [0.25, 0.3) is 5.56 Å². The molecule has 0 fully saturated rings. The number of aromatic hydroxyl groups is 1. The van der Waals surface area contributed by atoms with Crippen molar-refractivity contribution in [2.45, 2.75) is 6.04 Å². The molecular weight excluding hydrogens is 475 g/mol. The molecule has 0 amide bonds. The molecule has 0 bridgehead atoms. The Morgan fingerprint density at radius 2 is 1.70 bits per heavy atom. The summed E-state index contributed by atoms with van der Waals surface area (Å²) in [4.78, 5) is 26.8. The third-order valence-corrected chi connectivity index (χ3v) is 6.98. The summed E-state index contributed by atoms with van der Waals surface area (Å²) in [5.41, 5.74) is 2.66. The number of anilines is 1. The van der Waals surface area contributed by atoms with Crippen LogP contribution >= 0.6 is 0 Å². The topological polar surface area (TPSA) is 90.4 Å². The fourth-order valence-corrected chi connectivity index (χ4v) is 5.30. The molecule has 186 valence electrons. The summed E-state index contributed by atoms with van der Waals surface area (Å²) >= 11 is 0. The van der Waals surface area contributed by atoms with Crippen LogP contribution in [0.5, 0.6) is 11.5 Å². The normalized spacial score (nSPS) is 14.2. The van der Waals surface area contributed by atoms with E-state index in [1.807, 2.05) is 28.8 Å². The quantitative estimate of drug-likeness (QED) is 0.392. The van der Waals surface area contributed by atoms with Crippen molar-refractivity contribution in [3.63, 3.8) is 0 Å². The average Bonchev–Trinajstić information content (AvgIpc) is 3.27. The maximum absolute atomic E-state index is 15.4. The lowest BCUT2D eigenvalue weighted by Gasteiger charge is -2.32. The van der Waals surface area contributed by atoms with Gasteiger partial charge in [-0.25, -0.2) is 9.18 Å². The fraction of sp³-hybridized carbons (Fsp3) is 0.143. The van der Waals surface area contributed by atoms with Crippen LogP contribution in [0, 0.1) is 5.82 Å². The van der Waals surface area contributed by atoms with Crippen molar-refractivity contribution in [3.05, 3.63) is 105 Å². The summed E-state index contributed by atoms with van der Waals surface area (Å²) < 4.78 is 25.3. The largest absolute Gasteiger partial charge is 0.508 e. The van der Waals surface area contributed by atoms with Crippen molar-refractivity contribution < 1.29 is 14.2 Å². The monoisotopic (exact) mass is 498 g/mol. The third-order valence-electron chi connectivity index (χ3n) is 6.98. The molecule has 2 aromatic heterocycles. The number of benzene rings is 3. The van der Waals surface area contributed by atoms with Crippen LogP contribution < -0.4 is 21.3 Å². The first kappa shape index (κ1) is 22.7. The Morgan fingerprint density at radius 1 is 0.973 bits per heavy atom. The van der Waals surface area contributed by atoms with Crippen LogP contribution in [0.3, 0.4) is 0 Å². The molecule has 6 rings (SSSR count). The first-order chi connectivity index (χ1) is 17.8. The molecule has 5 aromatic rings. The number of hydrogen-bond donors (Lipinski definition) is 2. The van der Waals surface area contributed by atoms with E-state index >= 15 is 4.39 Å². The van der Waals surface area contributed by atoms with Gasteiger partial charge in [0, 0.05) is 31.3 Å². The van der Waals surface area contributed by atoms with Gasteiger partial charge >= 0.3 is 5.69 Å². The summed E-state index contributed by atoms with van der Waals surface area (Å²) in [6.45, 7) is 0. The van der Waals surface area contributed by atoms with Crippen molar-refractivity contribution in [1.29, 1.82) is 0 Å². The summed E-state index contributed by atoms with van der Waals surface area (Å²) in [7, 11) is 4.52. The second kappa shape index (κ2) is 8.12. The molecule has 0 saturated carbocycles. The highest BCUT2D eigenvalue weighted by Crippen LogP contribution is 2.47. The predicted molar refractivity (Wildman–Crippen MR) is 139 cm³/mol. The highest BCUT2D eigenvalue weighted by atomic mass is 19.1. The van der Waals surface area contributed by atoms with Crippen LogP contribution in [0.4, 0.5) is 10.1 Å². The van der Waals surface area contributed by atoms with Gasteiger partial charge in [-0.05, 0) is 36.4 Å². The highest BCUT2D eigenvalue weighted by molar-refractivity contribution is 5.99. The molecule has 0 aliphatic carbocycles. The van der Waals surface area contributed by atoms with Gasteiger partial charge in [0.1, 0.15) is 17.3 Å². The molecule has 9 heteroatoms. The van der Waals surface area contributed by atoms with E-state index in [4.69, 9.17) is 4.74 Å². The molecule has 0 spiro atoms.